The first kappa shape index (κ1) is 47.5. The van der Waals surface area contributed by atoms with Crippen LogP contribution >= 0.6 is 0 Å². The first-order chi connectivity index (χ1) is 29.5. The molecule has 0 amide bonds. The van der Waals surface area contributed by atoms with Crippen LogP contribution in [0.2, 0.25) is 0 Å². The minimum absolute atomic E-state index is 0.150. The van der Waals surface area contributed by atoms with E-state index >= 15 is 4.39 Å². The molecule has 0 unspecified atom stereocenters. The van der Waals surface area contributed by atoms with Gasteiger partial charge < -0.3 is 24.4 Å². The lowest BCUT2D eigenvalue weighted by Crippen LogP contribution is -2.25. The lowest BCUT2D eigenvalue weighted by molar-refractivity contribution is -0.139. The molecule has 0 spiro atoms. The summed E-state index contributed by atoms with van der Waals surface area (Å²) in [6.45, 7) is 17.1. The van der Waals surface area contributed by atoms with E-state index in [1.54, 1.807) is 19.9 Å². The monoisotopic (exact) mass is 837 g/mol. The van der Waals surface area contributed by atoms with Gasteiger partial charge in [0.05, 0.1) is 19.8 Å². The highest BCUT2D eigenvalue weighted by Crippen LogP contribution is 2.45. The fraction of sp³-hybridized carbons (Fsp3) is 0.509. The van der Waals surface area contributed by atoms with E-state index in [1.807, 2.05) is 12.1 Å². The van der Waals surface area contributed by atoms with Gasteiger partial charge in [-0.25, -0.2) is 14.0 Å². The molecule has 3 aromatic carbocycles. The third-order valence-corrected chi connectivity index (χ3v) is 13.0. The van der Waals surface area contributed by atoms with Crippen LogP contribution in [0.3, 0.4) is 0 Å². The molecule has 3 aromatic rings. The Balaban J connectivity index is 1.39. The molecule has 0 saturated heterocycles. The number of carbonyl (C=O) groups is 2. The molecule has 0 bridgehead atoms. The third kappa shape index (κ3) is 13.2. The third-order valence-electron chi connectivity index (χ3n) is 13.0. The van der Waals surface area contributed by atoms with Gasteiger partial charge >= 0.3 is 11.9 Å². The second-order valence-electron chi connectivity index (χ2n) is 17.5. The lowest BCUT2D eigenvalue weighted by Gasteiger charge is -2.37. The van der Waals surface area contributed by atoms with Crippen molar-refractivity contribution in [3.8, 4) is 28.0 Å². The predicted molar refractivity (Wildman–Crippen MR) is 243 cm³/mol. The Labute approximate surface area is 364 Å². The molecule has 61 heavy (non-hydrogen) atoms. The van der Waals surface area contributed by atoms with Crippen molar-refractivity contribution in [3.05, 3.63) is 114 Å². The fourth-order valence-corrected chi connectivity index (χ4v) is 9.27. The number of aliphatic hydroxyl groups excluding tert-OH is 2. The van der Waals surface area contributed by atoms with E-state index < -0.39 is 11.9 Å². The summed E-state index contributed by atoms with van der Waals surface area (Å²) >= 11 is 0. The Morgan fingerprint density at radius 3 is 1.79 bits per heavy atom. The van der Waals surface area contributed by atoms with Gasteiger partial charge in [0.25, 0.3) is 0 Å². The van der Waals surface area contributed by atoms with Crippen LogP contribution in [-0.2, 0) is 38.3 Å². The molecule has 330 valence electrons. The summed E-state index contributed by atoms with van der Waals surface area (Å²) in [5, 5.41) is 19.4. The lowest BCUT2D eigenvalue weighted by atomic mass is 9.68. The highest BCUT2D eigenvalue weighted by molar-refractivity contribution is 5.87. The van der Waals surface area contributed by atoms with Crippen molar-refractivity contribution in [2.24, 2.45) is 23.7 Å². The zero-order chi connectivity index (χ0) is 43.9. The minimum Gasteiger partial charge on any atom is -0.493 e. The molecule has 2 fully saturated rings. The van der Waals surface area contributed by atoms with Gasteiger partial charge in [0.2, 0.25) is 0 Å². The predicted octanol–water partition coefficient (Wildman–Crippen LogP) is 11.5. The van der Waals surface area contributed by atoms with E-state index in [0.717, 1.165) is 70.0 Å². The molecule has 2 saturated carbocycles. The van der Waals surface area contributed by atoms with Gasteiger partial charge in [-0.2, -0.15) is 0 Å². The molecule has 0 heterocycles. The van der Waals surface area contributed by atoms with Crippen LogP contribution in [0.25, 0.3) is 22.3 Å². The van der Waals surface area contributed by atoms with Crippen molar-refractivity contribution in [3.63, 3.8) is 0 Å². The summed E-state index contributed by atoms with van der Waals surface area (Å²) in [6.07, 6.45) is 15.4. The SMILES string of the molecule is C=CC1CCC(C2CCC(c3ccc(-c4ccc(-c5cc(CCCOC(=O)C(=C)C)c(OCCC(CO)CO)c(CCCOC(=O)C(=C)C)c5)c(CC)c4)c(F)c3)CC2)CC1. The normalized spacial score (nSPS) is 19.0. The minimum atomic E-state index is -0.437. The van der Waals surface area contributed by atoms with Gasteiger partial charge in [-0.3, -0.25) is 0 Å². The molecule has 0 aromatic heterocycles. The number of benzene rings is 3. The maximum atomic E-state index is 16.1. The maximum Gasteiger partial charge on any atom is 0.333 e. The van der Waals surface area contributed by atoms with Gasteiger partial charge in [0.1, 0.15) is 11.6 Å². The van der Waals surface area contributed by atoms with Crippen molar-refractivity contribution in [1.29, 1.82) is 0 Å². The Morgan fingerprint density at radius 1 is 0.738 bits per heavy atom. The van der Waals surface area contributed by atoms with Crippen LogP contribution in [0.1, 0.15) is 120 Å². The summed E-state index contributed by atoms with van der Waals surface area (Å²) in [5.41, 5.74) is 8.13. The first-order valence-corrected chi connectivity index (χ1v) is 22.7. The Kier molecular flexibility index (Phi) is 18.4. The standard InChI is InChI=1S/C53H69FO7/c1-7-37-13-15-40(16-14-37)41-17-19-42(20-18-41)43-21-24-49(50(54)32-43)44-22-23-48(39(8-2)29-44)47-30-45(11-9-26-60-52(57)35(3)4)51(59-28-25-38(33-55)34-56)46(31-47)12-10-27-61-53(58)36(5)6/h7,21-24,29-32,37-38,40-42,55-56H,1,3,5,8-20,25-28,33-34H2,2,4,6H3. The molecule has 5 rings (SSSR count). The van der Waals surface area contributed by atoms with Gasteiger partial charge in [0, 0.05) is 35.8 Å². The van der Waals surface area contributed by atoms with E-state index in [4.69, 9.17) is 14.2 Å². The fourth-order valence-electron chi connectivity index (χ4n) is 9.27. The number of carbonyl (C=O) groups excluding carboxylic acids is 2. The number of aryl methyl sites for hydroxylation is 3. The zero-order valence-corrected chi connectivity index (χ0v) is 37.0. The van der Waals surface area contributed by atoms with Crippen LogP contribution in [0.4, 0.5) is 4.39 Å². The van der Waals surface area contributed by atoms with Crippen LogP contribution < -0.4 is 4.74 Å². The summed E-state index contributed by atoms with van der Waals surface area (Å²) < 4.78 is 33.4. The van der Waals surface area contributed by atoms with Crippen LogP contribution in [-0.4, -0.2) is 55.2 Å². The maximum absolute atomic E-state index is 16.1. The Morgan fingerprint density at radius 2 is 1.28 bits per heavy atom. The Hall–Kier alpha value is -4.53. The smallest absolute Gasteiger partial charge is 0.333 e. The van der Waals surface area contributed by atoms with E-state index in [1.165, 1.54) is 38.5 Å². The van der Waals surface area contributed by atoms with Crippen molar-refractivity contribution < 1.29 is 38.4 Å². The van der Waals surface area contributed by atoms with Gasteiger partial charge in [0.15, 0.2) is 0 Å². The molecule has 2 aliphatic carbocycles. The Bertz CT molecular complexity index is 1910. The van der Waals surface area contributed by atoms with E-state index in [2.05, 4.69) is 63.1 Å². The highest BCUT2D eigenvalue weighted by Gasteiger charge is 2.31. The zero-order valence-electron chi connectivity index (χ0n) is 37.0. The second kappa shape index (κ2) is 23.6. The van der Waals surface area contributed by atoms with E-state index in [-0.39, 0.29) is 44.8 Å². The number of rotatable bonds is 22. The highest BCUT2D eigenvalue weighted by atomic mass is 19.1. The second-order valence-corrected chi connectivity index (χ2v) is 17.5. The van der Waals surface area contributed by atoms with Gasteiger partial charge in [-0.05, 0) is 185 Å². The number of allylic oxidation sites excluding steroid dienone is 1. The quantitative estimate of drug-likeness (QED) is 0.0450. The number of halogens is 1. The molecule has 0 atom stereocenters. The van der Waals surface area contributed by atoms with E-state index in [0.29, 0.717) is 66.4 Å². The largest absolute Gasteiger partial charge is 0.493 e. The summed E-state index contributed by atoms with van der Waals surface area (Å²) in [5.74, 6) is 2.03. The van der Waals surface area contributed by atoms with E-state index in [9.17, 15) is 19.8 Å². The number of hydrogen-bond donors (Lipinski definition) is 2. The van der Waals surface area contributed by atoms with Crippen LogP contribution in [0.5, 0.6) is 5.75 Å². The number of hydrogen-bond acceptors (Lipinski definition) is 7. The average molecular weight is 837 g/mol. The first-order valence-electron chi connectivity index (χ1n) is 22.7. The van der Waals surface area contributed by atoms with Crippen molar-refractivity contribution >= 4 is 11.9 Å². The number of aliphatic hydroxyl groups is 2. The molecule has 8 heteroatoms. The summed E-state index contributed by atoms with van der Waals surface area (Å²) in [4.78, 5) is 24.3. The van der Waals surface area contributed by atoms with Crippen molar-refractivity contribution in [2.45, 2.75) is 117 Å². The molecule has 0 radical (unpaired) electrons. The number of esters is 2. The topological polar surface area (TPSA) is 102 Å². The van der Waals surface area contributed by atoms with Crippen LogP contribution in [0.15, 0.2) is 85.5 Å². The summed E-state index contributed by atoms with van der Waals surface area (Å²) in [7, 11) is 0. The van der Waals surface area contributed by atoms with Gasteiger partial charge in [-0.15, -0.1) is 6.58 Å². The molecule has 0 aliphatic heterocycles. The van der Waals surface area contributed by atoms with Crippen molar-refractivity contribution in [1.82, 2.24) is 0 Å². The van der Waals surface area contributed by atoms with Crippen molar-refractivity contribution in [2.75, 3.05) is 33.0 Å². The average Bonchev–Trinajstić information content (AvgIpc) is 3.28. The summed E-state index contributed by atoms with van der Waals surface area (Å²) in [6, 6.07) is 16.3. The molecular formula is C53H69FO7. The molecule has 2 aliphatic rings. The number of ether oxygens (including phenoxy) is 3. The van der Waals surface area contributed by atoms with Crippen LogP contribution in [0, 0.1) is 29.5 Å². The molecule has 7 nitrogen and oxygen atoms in total. The molecular weight excluding hydrogens is 768 g/mol. The molecule has 2 N–H and O–H groups in total. The van der Waals surface area contributed by atoms with Gasteiger partial charge in [-0.1, -0.05) is 56.5 Å².